The van der Waals surface area contributed by atoms with E-state index in [0.717, 1.165) is 29.8 Å². The molecule has 1 heterocycles. The SMILES string of the molecule is CC(NC1CC1)c1cc(F)c2c(c1)N(CCCO)C2. The molecule has 104 valence electrons. The van der Waals surface area contributed by atoms with Gasteiger partial charge in [0.25, 0.3) is 0 Å². The van der Waals surface area contributed by atoms with Crippen LogP contribution in [0.1, 0.15) is 43.4 Å². The fourth-order valence-electron chi connectivity index (χ4n) is 2.68. The van der Waals surface area contributed by atoms with Crippen LogP contribution in [0, 0.1) is 5.82 Å². The molecule has 2 N–H and O–H groups in total. The van der Waals surface area contributed by atoms with Crippen molar-refractivity contribution in [1.82, 2.24) is 5.32 Å². The molecule has 0 radical (unpaired) electrons. The maximum atomic E-state index is 14.0. The molecule has 4 heteroatoms. The molecule has 1 unspecified atom stereocenters. The summed E-state index contributed by atoms with van der Waals surface area (Å²) in [5, 5.41) is 12.4. The zero-order valence-electron chi connectivity index (χ0n) is 11.3. The number of hydrogen-bond acceptors (Lipinski definition) is 3. The van der Waals surface area contributed by atoms with Gasteiger partial charge in [-0.05, 0) is 43.9 Å². The number of halogens is 1. The topological polar surface area (TPSA) is 35.5 Å². The number of nitrogens with one attached hydrogen (secondary N) is 1. The maximum absolute atomic E-state index is 14.0. The molecule has 1 atom stereocenters. The number of rotatable bonds is 6. The van der Waals surface area contributed by atoms with Gasteiger partial charge in [0, 0.05) is 43.0 Å². The fourth-order valence-corrected chi connectivity index (χ4v) is 2.68. The standard InChI is InChI=1S/C15H21FN2O/c1-10(17-12-3-4-12)11-7-14(16)13-9-18(5-2-6-19)15(13)8-11/h7-8,10,12,17,19H,2-6,9H2,1H3. The van der Waals surface area contributed by atoms with Crippen molar-refractivity contribution in [3.8, 4) is 0 Å². The molecule has 3 rings (SSSR count). The Balaban J connectivity index is 1.75. The summed E-state index contributed by atoms with van der Waals surface area (Å²) in [6.45, 7) is 3.76. The summed E-state index contributed by atoms with van der Waals surface area (Å²) in [5.74, 6) is -0.0859. The van der Waals surface area contributed by atoms with Crippen LogP contribution >= 0.6 is 0 Å². The van der Waals surface area contributed by atoms with Gasteiger partial charge in [-0.2, -0.15) is 0 Å². The number of hydrogen-bond donors (Lipinski definition) is 2. The van der Waals surface area contributed by atoms with Crippen molar-refractivity contribution in [3.63, 3.8) is 0 Å². The first-order chi connectivity index (χ1) is 9.19. The highest BCUT2D eigenvalue weighted by atomic mass is 19.1. The Bertz CT molecular complexity index is 473. The van der Waals surface area contributed by atoms with Crippen LogP contribution < -0.4 is 10.2 Å². The third-order valence-electron chi connectivity index (χ3n) is 4.03. The van der Waals surface area contributed by atoms with E-state index < -0.39 is 0 Å². The summed E-state index contributed by atoms with van der Waals surface area (Å²) < 4.78 is 14.0. The summed E-state index contributed by atoms with van der Waals surface area (Å²) in [6.07, 6.45) is 3.21. The molecule has 0 spiro atoms. The Kier molecular flexibility index (Phi) is 3.46. The highest BCUT2D eigenvalue weighted by Crippen LogP contribution is 2.37. The zero-order chi connectivity index (χ0) is 13.4. The molecule has 19 heavy (non-hydrogen) atoms. The van der Waals surface area contributed by atoms with Gasteiger partial charge in [0.2, 0.25) is 0 Å². The van der Waals surface area contributed by atoms with Crippen LogP contribution in [0.4, 0.5) is 10.1 Å². The molecule has 0 aromatic heterocycles. The quantitative estimate of drug-likeness (QED) is 0.828. The third kappa shape index (κ3) is 2.60. The Morgan fingerprint density at radius 2 is 2.26 bits per heavy atom. The van der Waals surface area contributed by atoms with Crippen LogP contribution in [0.15, 0.2) is 12.1 Å². The lowest BCUT2D eigenvalue weighted by molar-refractivity contribution is 0.288. The van der Waals surface area contributed by atoms with Crippen molar-refractivity contribution in [2.24, 2.45) is 0 Å². The van der Waals surface area contributed by atoms with Gasteiger partial charge < -0.3 is 15.3 Å². The molecule has 1 fully saturated rings. The Morgan fingerprint density at radius 1 is 1.47 bits per heavy atom. The molecular weight excluding hydrogens is 243 g/mol. The van der Waals surface area contributed by atoms with Crippen molar-refractivity contribution in [1.29, 1.82) is 0 Å². The van der Waals surface area contributed by atoms with Gasteiger partial charge in [0.15, 0.2) is 0 Å². The smallest absolute Gasteiger partial charge is 0.130 e. The van der Waals surface area contributed by atoms with Crippen LogP contribution in [0.25, 0.3) is 0 Å². The molecule has 0 saturated heterocycles. The fraction of sp³-hybridized carbons (Fsp3) is 0.600. The third-order valence-corrected chi connectivity index (χ3v) is 4.03. The highest BCUT2D eigenvalue weighted by molar-refractivity contribution is 5.64. The molecule has 3 nitrogen and oxygen atoms in total. The van der Waals surface area contributed by atoms with Crippen molar-refractivity contribution in [2.45, 2.75) is 44.8 Å². The molecular formula is C15H21FN2O. The normalized spacial score (nSPS) is 19.0. The van der Waals surface area contributed by atoms with Gasteiger partial charge in [-0.25, -0.2) is 4.39 Å². The number of anilines is 1. The lowest BCUT2D eigenvalue weighted by Crippen LogP contribution is -2.35. The van der Waals surface area contributed by atoms with Gasteiger partial charge in [-0.15, -0.1) is 0 Å². The largest absolute Gasteiger partial charge is 0.396 e. The first-order valence-corrected chi connectivity index (χ1v) is 7.13. The second kappa shape index (κ2) is 5.10. The summed E-state index contributed by atoms with van der Waals surface area (Å²) >= 11 is 0. The second-order valence-electron chi connectivity index (χ2n) is 5.66. The van der Waals surface area contributed by atoms with E-state index in [0.29, 0.717) is 12.6 Å². The van der Waals surface area contributed by atoms with Crippen LogP contribution in [0.3, 0.4) is 0 Å². The van der Waals surface area contributed by atoms with Gasteiger partial charge in [-0.1, -0.05) is 0 Å². The maximum Gasteiger partial charge on any atom is 0.130 e. The number of aliphatic hydroxyl groups excluding tert-OH is 1. The Hall–Kier alpha value is -1.13. The van der Waals surface area contributed by atoms with E-state index in [9.17, 15) is 4.39 Å². The van der Waals surface area contributed by atoms with E-state index in [4.69, 9.17) is 5.11 Å². The van der Waals surface area contributed by atoms with E-state index in [2.05, 4.69) is 23.2 Å². The van der Waals surface area contributed by atoms with Gasteiger partial charge in [0.1, 0.15) is 5.82 Å². The molecule has 1 aromatic carbocycles. The van der Waals surface area contributed by atoms with Gasteiger partial charge >= 0.3 is 0 Å². The molecule has 1 aliphatic heterocycles. The van der Waals surface area contributed by atoms with Crippen molar-refractivity contribution < 1.29 is 9.50 Å². The predicted octanol–water partition coefficient (Wildman–Crippen LogP) is 2.34. The minimum atomic E-state index is -0.0859. The number of nitrogens with zero attached hydrogens (tertiary/aromatic N) is 1. The summed E-state index contributed by atoms with van der Waals surface area (Å²) in [7, 11) is 0. The lowest BCUT2D eigenvalue weighted by atomic mass is 9.96. The molecule has 1 aliphatic carbocycles. The van der Waals surface area contributed by atoms with Crippen LogP contribution in [0.5, 0.6) is 0 Å². The van der Waals surface area contributed by atoms with E-state index >= 15 is 0 Å². The van der Waals surface area contributed by atoms with Crippen molar-refractivity contribution >= 4 is 5.69 Å². The van der Waals surface area contributed by atoms with Gasteiger partial charge in [-0.3, -0.25) is 0 Å². The minimum absolute atomic E-state index is 0.0859. The summed E-state index contributed by atoms with van der Waals surface area (Å²) in [4.78, 5) is 2.14. The lowest BCUT2D eigenvalue weighted by Gasteiger charge is -2.37. The molecule has 0 amide bonds. The first kappa shape index (κ1) is 12.9. The zero-order valence-corrected chi connectivity index (χ0v) is 11.3. The molecule has 1 aromatic rings. The average molecular weight is 264 g/mol. The number of aliphatic hydroxyl groups is 1. The molecule has 1 saturated carbocycles. The number of benzene rings is 1. The van der Waals surface area contributed by atoms with E-state index in [1.807, 2.05) is 0 Å². The Morgan fingerprint density at radius 3 is 2.95 bits per heavy atom. The highest BCUT2D eigenvalue weighted by Gasteiger charge is 2.28. The monoisotopic (exact) mass is 264 g/mol. The summed E-state index contributed by atoms with van der Waals surface area (Å²) in [5.41, 5.74) is 2.85. The number of fused-ring (bicyclic) bond motifs is 1. The predicted molar refractivity (Wildman–Crippen MR) is 73.7 cm³/mol. The first-order valence-electron chi connectivity index (χ1n) is 7.13. The van der Waals surface area contributed by atoms with Gasteiger partial charge in [0.05, 0.1) is 0 Å². The van der Waals surface area contributed by atoms with Crippen molar-refractivity contribution in [3.05, 3.63) is 29.1 Å². The van der Waals surface area contributed by atoms with E-state index in [1.165, 1.54) is 12.8 Å². The average Bonchev–Trinajstić information content (AvgIpc) is 3.15. The van der Waals surface area contributed by atoms with Crippen LogP contribution in [0.2, 0.25) is 0 Å². The van der Waals surface area contributed by atoms with E-state index in [-0.39, 0.29) is 18.5 Å². The second-order valence-corrected chi connectivity index (χ2v) is 5.66. The van der Waals surface area contributed by atoms with E-state index in [1.54, 1.807) is 6.07 Å². The van der Waals surface area contributed by atoms with Crippen LogP contribution in [-0.4, -0.2) is 24.3 Å². The molecule has 2 aliphatic rings. The molecule has 0 bridgehead atoms. The Labute approximate surface area is 113 Å². The van der Waals surface area contributed by atoms with Crippen molar-refractivity contribution in [2.75, 3.05) is 18.1 Å². The summed E-state index contributed by atoms with van der Waals surface area (Å²) in [6, 6.07) is 4.59. The minimum Gasteiger partial charge on any atom is -0.396 e. The van der Waals surface area contributed by atoms with Crippen LogP contribution in [-0.2, 0) is 6.54 Å².